The fourth-order valence-corrected chi connectivity index (χ4v) is 6.71. The molecule has 2 N–H and O–H groups in total. The highest BCUT2D eigenvalue weighted by Gasteiger charge is 2.58. The zero-order valence-electron chi connectivity index (χ0n) is 23.7. The topological polar surface area (TPSA) is 235 Å². The van der Waals surface area contributed by atoms with E-state index in [1.165, 1.54) is 55.5 Å². The number of carbonyl (C=O) groups excluding carboxylic acids is 4. The molecular weight excluding hydrogens is 652 g/mol. The van der Waals surface area contributed by atoms with Crippen LogP contribution in [0, 0.1) is 26.1 Å². The minimum Gasteiger partial charge on any atom is -0.477 e. The van der Waals surface area contributed by atoms with Crippen molar-refractivity contribution in [3.8, 4) is 0 Å². The number of hydrogen-bond donors (Lipinski definition) is 2. The first-order valence-electron chi connectivity index (χ1n) is 13.2. The van der Waals surface area contributed by atoms with Crippen LogP contribution in [0.2, 0.25) is 0 Å². The first-order valence-corrected chi connectivity index (χ1v) is 15.1. The average molecular weight is 677 g/mol. The molecule has 2 aromatic carbocycles. The van der Waals surface area contributed by atoms with E-state index in [-0.39, 0.29) is 41.8 Å². The molecule has 19 heteroatoms. The lowest BCUT2D eigenvalue weighted by Crippen LogP contribution is -2.65. The quantitative estimate of drug-likeness (QED) is 0.101. The number of fused-ring (bicyclic) bond motifs is 1. The smallest absolute Gasteiger partial charge is 0.477 e. The summed E-state index contributed by atoms with van der Waals surface area (Å²) in [7, 11) is 0. The van der Waals surface area contributed by atoms with Gasteiger partial charge in [-0.3, -0.25) is 34.7 Å². The number of non-ortho nitro benzene ring substituents is 2. The van der Waals surface area contributed by atoms with E-state index < -0.39 is 62.2 Å². The zero-order chi connectivity index (χ0) is 33.5. The monoisotopic (exact) mass is 676 g/mol. The Bertz CT molecular complexity index is 1600. The third-order valence-corrected chi connectivity index (χ3v) is 8.95. The normalized spacial score (nSPS) is 17.7. The molecule has 17 nitrogen and oxygen atoms in total. The number of hydrogen-bond acceptors (Lipinski definition) is 14. The largest absolute Gasteiger partial charge is 0.508 e. The molecule has 2 aromatic rings. The minimum atomic E-state index is -1.51. The Hall–Kier alpha value is -5.17. The fraction of sp³-hybridized carbons (Fsp3) is 0.296. The molecule has 0 bridgehead atoms. The summed E-state index contributed by atoms with van der Waals surface area (Å²) < 4.78 is 15.2. The lowest BCUT2D eigenvalue weighted by atomic mass is 9.91. The molecule has 0 aliphatic carbocycles. The van der Waals surface area contributed by atoms with Crippen LogP contribution < -0.4 is 5.32 Å². The molecule has 2 heterocycles. The van der Waals surface area contributed by atoms with Crippen LogP contribution in [0.5, 0.6) is 0 Å². The number of carboxylic acids is 1. The number of rotatable bonds is 13. The van der Waals surface area contributed by atoms with Gasteiger partial charge in [0.25, 0.3) is 11.4 Å². The Balaban J connectivity index is 1.26. The molecule has 3 atom stereocenters. The summed E-state index contributed by atoms with van der Waals surface area (Å²) in [5.74, 6) is -3.17. The second-order valence-corrected chi connectivity index (χ2v) is 11.8. The van der Waals surface area contributed by atoms with E-state index in [4.69, 9.17) is 14.2 Å². The number of carboxylic acid groups (broad SMARTS) is 1. The number of nitrogens with one attached hydrogen (secondary N) is 1. The highest BCUT2D eigenvalue weighted by Crippen LogP contribution is 2.48. The second-order valence-electron chi connectivity index (χ2n) is 9.57. The van der Waals surface area contributed by atoms with Gasteiger partial charge >= 0.3 is 18.2 Å². The fourth-order valence-electron chi connectivity index (χ4n) is 4.31. The van der Waals surface area contributed by atoms with Gasteiger partial charge in [0, 0.05) is 36.6 Å². The molecule has 46 heavy (non-hydrogen) atoms. The first-order chi connectivity index (χ1) is 21.9. The van der Waals surface area contributed by atoms with Gasteiger partial charge in [0.1, 0.15) is 36.3 Å². The third-order valence-electron chi connectivity index (χ3n) is 6.58. The van der Waals surface area contributed by atoms with E-state index in [1.54, 1.807) is 0 Å². The summed E-state index contributed by atoms with van der Waals surface area (Å²) in [6, 6.07) is 10.7. The van der Waals surface area contributed by atoms with Crippen molar-refractivity contribution in [3.63, 3.8) is 0 Å². The van der Waals surface area contributed by atoms with Crippen molar-refractivity contribution in [1.82, 2.24) is 10.2 Å². The second kappa shape index (κ2) is 14.7. The van der Waals surface area contributed by atoms with Crippen LogP contribution in [0.25, 0.3) is 0 Å². The summed E-state index contributed by atoms with van der Waals surface area (Å²) in [5.41, 5.74) is 0.193. The lowest BCUT2D eigenvalue weighted by Gasteiger charge is -2.49. The summed E-state index contributed by atoms with van der Waals surface area (Å²) in [6.45, 7) is 0.966. The number of ether oxygens (including phenoxy) is 3. The Morgan fingerprint density at radius 1 is 0.978 bits per heavy atom. The minimum absolute atomic E-state index is 0.0229. The Morgan fingerprint density at radius 3 is 2.04 bits per heavy atom. The molecule has 4 rings (SSSR count). The number of thioether (sulfide) groups is 2. The number of alkyl carbamates (subject to hydrolysis) is 1. The van der Waals surface area contributed by atoms with E-state index >= 15 is 0 Å². The van der Waals surface area contributed by atoms with Crippen LogP contribution >= 0.6 is 23.5 Å². The molecule has 0 spiro atoms. The third kappa shape index (κ3) is 7.91. The van der Waals surface area contributed by atoms with Crippen molar-refractivity contribution in [1.29, 1.82) is 0 Å². The first kappa shape index (κ1) is 33.7. The van der Waals surface area contributed by atoms with E-state index in [0.717, 1.165) is 16.7 Å². The summed E-state index contributed by atoms with van der Waals surface area (Å²) in [5, 5.41) is 32.2. The molecule has 1 fully saturated rings. The Kier molecular flexibility index (Phi) is 10.8. The molecule has 0 aromatic heterocycles. The van der Waals surface area contributed by atoms with Crippen molar-refractivity contribution >= 4 is 64.1 Å². The number of nitrogens with zero attached hydrogens (tertiary/aromatic N) is 3. The van der Waals surface area contributed by atoms with Crippen LogP contribution in [0.4, 0.5) is 21.0 Å². The zero-order valence-corrected chi connectivity index (χ0v) is 25.3. The van der Waals surface area contributed by atoms with Gasteiger partial charge in [0.15, 0.2) is 0 Å². The highest BCUT2D eigenvalue weighted by atomic mass is 32.2. The van der Waals surface area contributed by atoms with Crippen molar-refractivity contribution in [3.05, 3.63) is 90.5 Å². The predicted octanol–water partition coefficient (Wildman–Crippen LogP) is 3.56. The molecule has 0 radical (unpaired) electrons. The van der Waals surface area contributed by atoms with E-state index in [2.05, 4.69) is 5.32 Å². The van der Waals surface area contributed by atoms with Crippen LogP contribution in [-0.4, -0.2) is 72.9 Å². The molecular formula is C27H24N4O13S2. The Labute approximate surface area is 267 Å². The molecule has 1 saturated heterocycles. The summed E-state index contributed by atoms with van der Waals surface area (Å²) in [6.07, 6.45) is -3.02. The maximum atomic E-state index is 13.0. The Morgan fingerprint density at radius 2 is 1.52 bits per heavy atom. The van der Waals surface area contributed by atoms with Crippen molar-refractivity contribution < 1.29 is 53.1 Å². The molecule has 242 valence electrons. The maximum absolute atomic E-state index is 13.0. The highest BCUT2D eigenvalue weighted by molar-refractivity contribution is 8.18. The van der Waals surface area contributed by atoms with E-state index in [9.17, 15) is 49.3 Å². The number of carbonyl (C=O) groups is 5. The standard InChI is InChI=1S/C27H24N4O13S2/c1-14(44-27(37)43-13-16-4-8-18(9-5-16)31(40)41)19-22(32)29-20(24(33)34)21(25(35)46-23(19)29)45-11-10-28-26(36)42-12-15-2-6-17(7-3-15)30(38)39/h2-9,14,19,23H,10-13H2,1H3,(H,28,36)(H,33,34)/t14-,19+,23+/m1/s1. The van der Waals surface area contributed by atoms with Crippen LogP contribution in [0.1, 0.15) is 18.1 Å². The van der Waals surface area contributed by atoms with Crippen molar-refractivity contribution in [2.45, 2.75) is 31.6 Å². The molecule has 2 amide bonds. The van der Waals surface area contributed by atoms with Gasteiger partial charge < -0.3 is 24.6 Å². The predicted molar refractivity (Wildman–Crippen MR) is 159 cm³/mol. The maximum Gasteiger partial charge on any atom is 0.508 e. The number of aliphatic carboxylic acids is 1. The number of benzene rings is 2. The van der Waals surface area contributed by atoms with Gasteiger partial charge in [0.2, 0.25) is 11.0 Å². The van der Waals surface area contributed by atoms with Gasteiger partial charge in [-0.1, -0.05) is 11.8 Å². The lowest BCUT2D eigenvalue weighted by molar-refractivity contribution is -0.385. The SMILES string of the molecule is C[C@@H](OC(=O)OCc1ccc([N+](=O)[O-])cc1)[C@H]1C(=O)N2C(C(=O)O)=C(SCCNC(=O)OCc3ccc([N+](=O)[O-])cc3)C(=O)S[C@@H]12. The summed E-state index contributed by atoms with van der Waals surface area (Å²) in [4.78, 5) is 83.4. The van der Waals surface area contributed by atoms with E-state index in [1.807, 2.05) is 0 Å². The average Bonchev–Trinajstić information content (AvgIpc) is 3.01. The van der Waals surface area contributed by atoms with Gasteiger partial charge in [-0.25, -0.2) is 14.4 Å². The number of nitro groups is 2. The van der Waals surface area contributed by atoms with Gasteiger partial charge in [-0.05, 0) is 42.3 Å². The van der Waals surface area contributed by atoms with Crippen LogP contribution in [-0.2, 0) is 41.8 Å². The van der Waals surface area contributed by atoms with Crippen LogP contribution in [0.3, 0.4) is 0 Å². The number of amides is 2. The summed E-state index contributed by atoms with van der Waals surface area (Å²) >= 11 is 1.53. The van der Waals surface area contributed by atoms with Gasteiger partial charge in [-0.2, -0.15) is 0 Å². The molecule has 0 saturated carbocycles. The molecule has 2 aliphatic heterocycles. The van der Waals surface area contributed by atoms with E-state index in [0.29, 0.717) is 22.9 Å². The van der Waals surface area contributed by atoms with Gasteiger partial charge in [-0.15, -0.1) is 11.8 Å². The van der Waals surface area contributed by atoms with Crippen molar-refractivity contribution in [2.24, 2.45) is 5.92 Å². The number of β-lactam (4-membered cyclic amide) rings is 1. The van der Waals surface area contributed by atoms with Crippen molar-refractivity contribution in [2.75, 3.05) is 12.3 Å². The molecule has 2 aliphatic rings. The van der Waals surface area contributed by atoms with Gasteiger partial charge in [0.05, 0.1) is 14.8 Å². The van der Waals surface area contributed by atoms with Crippen LogP contribution in [0.15, 0.2) is 59.1 Å². The number of nitro benzene ring substituents is 2. The molecule has 0 unspecified atom stereocenters.